The van der Waals surface area contributed by atoms with Crippen LogP contribution in [0.5, 0.6) is 0 Å². The average molecular weight is 456 g/mol. The van der Waals surface area contributed by atoms with Crippen LogP contribution in [0.1, 0.15) is 50.8 Å². The van der Waals surface area contributed by atoms with E-state index in [9.17, 15) is 9.59 Å². The van der Waals surface area contributed by atoms with Crippen molar-refractivity contribution in [3.05, 3.63) is 75.5 Å². The molecule has 4 rings (SSSR count). The van der Waals surface area contributed by atoms with Crippen molar-refractivity contribution < 1.29 is 18.4 Å². The molecule has 1 aliphatic rings. The molecule has 0 unspecified atom stereocenters. The third kappa shape index (κ3) is 4.02. The van der Waals surface area contributed by atoms with Gasteiger partial charge in [0.15, 0.2) is 11.5 Å². The Morgan fingerprint density at radius 1 is 1.10 bits per heavy atom. The van der Waals surface area contributed by atoms with Gasteiger partial charge in [-0.05, 0) is 56.2 Å². The lowest BCUT2D eigenvalue weighted by Gasteiger charge is -2.13. The number of hydrazone groups is 1. The minimum atomic E-state index is -0.427. The van der Waals surface area contributed by atoms with Gasteiger partial charge in [-0.15, -0.1) is 0 Å². The molecule has 3 aromatic rings. The number of nitrogens with one attached hydrogen (secondary N) is 2. The maximum absolute atomic E-state index is 12.7. The van der Waals surface area contributed by atoms with Gasteiger partial charge in [0.25, 0.3) is 5.91 Å². The smallest absolute Gasteiger partial charge is 0.307 e. The standard InChI is InChI=1S/C21H18BrN3O4/c1-12-18-15(24-25-20(26)17-6-3-11-28-17)4-2-5-16(18)29-19(12)21(27)23-14-9-7-13(22)8-10-14/h3,6-11H,2,4-5H2,1H3,(H,23,27)(H,25,26)/b24-15+. The molecule has 0 saturated heterocycles. The third-order valence-corrected chi connectivity index (χ3v) is 5.20. The minimum absolute atomic E-state index is 0.184. The molecule has 8 heteroatoms. The van der Waals surface area contributed by atoms with Crippen LogP contribution in [0.3, 0.4) is 0 Å². The topological polar surface area (TPSA) is 96.8 Å². The zero-order valence-corrected chi connectivity index (χ0v) is 17.2. The van der Waals surface area contributed by atoms with Gasteiger partial charge in [0, 0.05) is 27.7 Å². The zero-order chi connectivity index (χ0) is 20.4. The van der Waals surface area contributed by atoms with E-state index in [4.69, 9.17) is 8.83 Å². The number of aryl methyl sites for hydroxylation is 1. The van der Waals surface area contributed by atoms with Crippen LogP contribution in [-0.4, -0.2) is 17.5 Å². The number of carbonyl (C=O) groups is 2. The van der Waals surface area contributed by atoms with Crippen molar-refractivity contribution in [1.82, 2.24) is 5.43 Å². The van der Waals surface area contributed by atoms with Crippen molar-refractivity contribution in [2.24, 2.45) is 5.10 Å². The van der Waals surface area contributed by atoms with E-state index in [-0.39, 0.29) is 17.4 Å². The van der Waals surface area contributed by atoms with Gasteiger partial charge in [0.1, 0.15) is 5.76 Å². The molecule has 0 bridgehead atoms. The molecule has 0 fully saturated rings. The first kappa shape index (κ1) is 19.2. The fourth-order valence-corrected chi connectivity index (χ4v) is 3.56. The van der Waals surface area contributed by atoms with Crippen LogP contribution in [0, 0.1) is 6.92 Å². The number of benzene rings is 1. The van der Waals surface area contributed by atoms with Gasteiger partial charge in [-0.3, -0.25) is 9.59 Å². The van der Waals surface area contributed by atoms with Crippen molar-refractivity contribution >= 4 is 39.1 Å². The Balaban J connectivity index is 1.57. The van der Waals surface area contributed by atoms with E-state index < -0.39 is 5.91 Å². The Morgan fingerprint density at radius 3 is 2.62 bits per heavy atom. The number of hydrogen-bond acceptors (Lipinski definition) is 5. The van der Waals surface area contributed by atoms with Crippen LogP contribution in [0.15, 0.2) is 61.1 Å². The molecule has 1 aromatic carbocycles. The molecule has 1 aliphatic carbocycles. The number of fused-ring (bicyclic) bond motifs is 1. The molecule has 0 radical (unpaired) electrons. The van der Waals surface area contributed by atoms with Crippen molar-refractivity contribution in [2.45, 2.75) is 26.2 Å². The molecule has 7 nitrogen and oxygen atoms in total. The second kappa shape index (κ2) is 8.08. The molecule has 2 amide bonds. The molecule has 148 valence electrons. The number of furan rings is 2. The van der Waals surface area contributed by atoms with Crippen molar-refractivity contribution in [3.8, 4) is 0 Å². The lowest BCUT2D eigenvalue weighted by Crippen LogP contribution is -2.21. The summed E-state index contributed by atoms with van der Waals surface area (Å²) in [7, 11) is 0. The molecule has 2 aromatic heterocycles. The lowest BCUT2D eigenvalue weighted by molar-refractivity contribution is 0.0926. The Kier molecular flexibility index (Phi) is 5.35. The van der Waals surface area contributed by atoms with E-state index in [1.807, 2.05) is 19.1 Å². The lowest BCUT2D eigenvalue weighted by atomic mass is 9.93. The van der Waals surface area contributed by atoms with Crippen LogP contribution in [0.4, 0.5) is 5.69 Å². The van der Waals surface area contributed by atoms with Gasteiger partial charge in [0.2, 0.25) is 0 Å². The van der Waals surface area contributed by atoms with Gasteiger partial charge in [-0.2, -0.15) is 5.10 Å². The van der Waals surface area contributed by atoms with Crippen molar-refractivity contribution in [3.63, 3.8) is 0 Å². The van der Waals surface area contributed by atoms with E-state index in [2.05, 4.69) is 31.8 Å². The molecule has 0 spiro atoms. The first-order valence-corrected chi connectivity index (χ1v) is 9.92. The Morgan fingerprint density at radius 2 is 1.90 bits per heavy atom. The summed E-state index contributed by atoms with van der Waals surface area (Å²) in [4.78, 5) is 24.8. The molecule has 0 saturated carbocycles. The molecule has 2 heterocycles. The number of rotatable bonds is 4. The quantitative estimate of drug-likeness (QED) is 0.558. The maximum atomic E-state index is 12.7. The van der Waals surface area contributed by atoms with E-state index in [0.29, 0.717) is 35.6 Å². The summed E-state index contributed by atoms with van der Waals surface area (Å²) in [6, 6.07) is 10.5. The molecule has 2 N–H and O–H groups in total. The van der Waals surface area contributed by atoms with Gasteiger partial charge in [-0.1, -0.05) is 15.9 Å². The van der Waals surface area contributed by atoms with Gasteiger partial charge >= 0.3 is 5.91 Å². The summed E-state index contributed by atoms with van der Waals surface area (Å²) in [5.41, 5.74) is 5.38. The maximum Gasteiger partial charge on any atom is 0.307 e. The summed E-state index contributed by atoms with van der Waals surface area (Å²) >= 11 is 3.37. The molecular formula is C21H18BrN3O4. The summed E-state index contributed by atoms with van der Waals surface area (Å²) in [6.45, 7) is 1.83. The zero-order valence-electron chi connectivity index (χ0n) is 15.6. The van der Waals surface area contributed by atoms with Crippen LogP contribution in [0.25, 0.3) is 0 Å². The number of nitrogens with zero attached hydrogens (tertiary/aromatic N) is 1. The minimum Gasteiger partial charge on any atom is -0.459 e. The van der Waals surface area contributed by atoms with Crippen LogP contribution < -0.4 is 10.7 Å². The highest BCUT2D eigenvalue weighted by atomic mass is 79.9. The predicted octanol–water partition coefficient (Wildman–Crippen LogP) is 4.67. The van der Waals surface area contributed by atoms with E-state index in [0.717, 1.165) is 16.5 Å². The second-order valence-electron chi connectivity index (χ2n) is 6.65. The first-order valence-electron chi connectivity index (χ1n) is 9.13. The summed E-state index contributed by atoms with van der Waals surface area (Å²) in [5, 5.41) is 7.11. The van der Waals surface area contributed by atoms with Gasteiger partial charge < -0.3 is 14.2 Å². The van der Waals surface area contributed by atoms with Gasteiger partial charge in [0.05, 0.1) is 12.0 Å². The monoisotopic (exact) mass is 455 g/mol. The number of halogens is 1. The highest BCUT2D eigenvalue weighted by molar-refractivity contribution is 9.10. The highest BCUT2D eigenvalue weighted by Gasteiger charge is 2.28. The molecular weight excluding hydrogens is 438 g/mol. The average Bonchev–Trinajstić information content (AvgIpc) is 3.37. The second-order valence-corrected chi connectivity index (χ2v) is 7.56. The summed E-state index contributed by atoms with van der Waals surface area (Å²) < 4.78 is 11.9. The van der Waals surface area contributed by atoms with Crippen LogP contribution >= 0.6 is 15.9 Å². The van der Waals surface area contributed by atoms with Crippen LogP contribution in [-0.2, 0) is 6.42 Å². The largest absolute Gasteiger partial charge is 0.459 e. The fraction of sp³-hybridized carbons (Fsp3) is 0.190. The Hall–Kier alpha value is -3.13. The molecule has 0 aliphatic heterocycles. The number of carbonyl (C=O) groups excluding carboxylic acids is 2. The first-order chi connectivity index (χ1) is 14.0. The van der Waals surface area contributed by atoms with E-state index in [1.165, 1.54) is 6.26 Å². The highest BCUT2D eigenvalue weighted by Crippen LogP contribution is 2.30. The van der Waals surface area contributed by atoms with Crippen molar-refractivity contribution in [2.75, 3.05) is 5.32 Å². The third-order valence-electron chi connectivity index (χ3n) is 4.67. The molecule has 0 atom stereocenters. The summed E-state index contributed by atoms with van der Waals surface area (Å²) in [5.74, 6) is 0.400. The van der Waals surface area contributed by atoms with Crippen LogP contribution in [0.2, 0.25) is 0 Å². The normalized spacial score (nSPS) is 14.5. The van der Waals surface area contributed by atoms with Crippen molar-refractivity contribution in [1.29, 1.82) is 0 Å². The van der Waals surface area contributed by atoms with E-state index in [1.54, 1.807) is 24.3 Å². The SMILES string of the molecule is Cc1c(C(=O)Nc2ccc(Br)cc2)oc2c1/C(=N/NC(=O)c1ccco1)CCC2. The Labute approximate surface area is 175 Å². The molecule has 29 heavy (non-hydrogen) atoms. The number of anilines is 1. The van der Waals surface area contributed by atoms with E-state index >= 15 is 0 Å². The number of hydrogen-bond donors (Lipinski definition) is 2. The van der Waals surface area contributed by atoms with Gasteiger partial charge in [-0.25, -0.2) is 5.43 Å². The predicted molar refractivity (Wildman–Crippen MR) is 111 cm³/mol. The Bertz CT molecular complexity index is 1080. The fourth-order valence-electron chi connectivity index (χ4n) is 3.30. The number of amides is 2. The summed E-state index contributed by atoms with van der Waals surface area (Å²) in [6.07, 6.45) is 3.65.